The van der Waals surface area contributed by atoms with Crippen LogP contribution in [-0.2, 0) is 54.5 Å². The van der Waals surface area contributed by atoms with E-state index >= 15 is 0 Å². The van der Waals surface area contributed by atoms with Gasteiger partial charge in [-0.1, -0.05) is 46.8 Å². The number of sulfonamides is 1. The lowest BCUT2D eigenvalue weighted by Crippen LogP contribution is -2.56. The van der Waals surface area contributed by atoms with Crippen LogP contribution in [0.3, 0.4) is 0 Å². The second kappa shape index (κ2) is 8.77. The van der Waals surface area contributed by atoms with E-state index in [2.05, 4.69) is 0 Å². The van der Waals surface area contributed by atoms with Crippen molar-refractivity contribution in [1.82, 2.24) is 4.31 Å². The molecule has 3 rings (SSSR count). The third kappa shape index (κ3) is 3.42. The molecule has 0 N–H and O–H groups in total. The lowest BCUT2D eigenvalue weighted by Gasteiger charge is -2.29. The van der Waals surface area contributed by atoms with Gasteiger partial charge in [-0.2, -0.15) is 0 Å². The number of ether oxygens (including phenoxy) is 2. The van der Waals surface area contributed by atoms with Gasteiger partial charge in [0.2, 0.25) is 14.7 Å². The molecule has 1 saturated heterocycles. The van der Waals surface area contributed by atoms with Gasteiger partial charge in [-0.05, 0) is 30.2 Å². The minimum atomic E-state index is -4.39. The standard InChI is InChI=1S/C18H19NO5P2S3/c1-3-23-17(24-4-2)16(20)29(21,22)19(18(17,25-27)26-28)12-14-10-7-9-13-8-5-6-11-15(13)14/h5-11H,3-4,12H2,1-2H3/p+2. The highest BCUT2D eigenvalue weighted by Crippen LogP contribution is 2.57. The molecular weight excluding hydrogens is 468 g/mol. The van der Waals surface area contributed by atoms with Crippen LogP contribution in [0.2, 0.25) is 0 Å². The Balaban J connectivity index is 2.24. The Morgan fingerprint density at radius 2 is 1.59 bits per heavy atom. The number of nitrogens with zero attached hydrogens (tertiary/aromatic N) is 1. The van der Waals surface area contributed by atoms with Crippen molar-refractivity contribution in [2.24, 2.45) is 0 Å². The van der Waals surface area contributed by atoms with Crippen molar-refractivity contribution in [2.75, 3.05) is 13.2 Å². The first-order valence-corrected chi connectivity index (χ1v) is 14.7. The van der Waals surface area contributed by atoms with E-state index in [4.69, 9.17) is 33.1 Å². The van der Waals surface area contributed by atoms with Crippen LogP contribution in [0.1, 0.15) is 19.4 Å². The fourth-order valence-corrected chi connectivity index (χ4v) is 11.0. The van der Waals surface area contributed by atoms with Crippen LogP contribution in [-0.4, -0.2) is 41.9 Å². The highest BCUT2D eigenvalue weighted by atomic mass is 32.4. The molecule has 2 aromatic carbocycles. The highest BCUT2D eigenvalue weighted by molar-refractivity contribution is 8.10. The van der Waals surface area contributed by atoms with E-state index in [9.17, 15) is 13.2 Å². The van der Waals surface area contributed by atoms with Crippen LogP contribution in [0.5, 0.6) is 0 Å². The van der Waals surface area contributed by atoms with Gasteiger partial charge in [0.25, 0.3) is 10.0 Å². The average Bonchev–Trinajstić information content (AvgIpc) is 2.85. The second-order valence-electron chi connectivity index (χ2n) is 6.33. The smallest absolute Gasteiger partial charge is 0.335 e. The number of rotatable bonds is 8. The summed E-state index contributed by atoms with van der Waals surface area (Å²) in [6.07, 6.45) is 0. The highest BCUT2D eigenvalue weighted by Gasteiger charge is 2.84. The lowest BCUT2D eigenvalue weighted by molar-refractivity contribution is -0.228. The van der Waals surface area contributed by atoms with Crippen molar-refractivity contribution >= 4 is 64.2 Å². The molecule has 6 nitrogen and oxygen atoms in total. The molecule has 0 spiro atoms. The van der Waals surface area contributed by atoms with Crippen molar-refractivity contribution in [2.45, 2.75) is 31.2 Å². The summed E-state index contributed by atoms with van der Waals surface area (Å²) in [4.78, 5) is 13.2. The zero-order valence-electron chi connectivity index (χ0n) is 15.9. The molecule has 0 radical (unpaired) electrons. The Morgan fingerprint density at radius 1 is 1.00 bits per heavy atom. The maximum absolute atomic E-state index is 13.3. The molecular formula is C18H21NO5P2S3+2. The molecule has 1 heterocycles. The van der Waals surface area contributed by atoms with Gasteiger partial charge in [0.05, 0.1) is 0 Å². The largest absolute Gasteiger partial charge is 0.420 e. The van der Waals surface area contributed by atoms with Crippen LogP contribution < -0.4 is 0 Å². The molecule has 0 bridgehead atoms. The van der Waals surface area contributed by atoms with Gasteiger partial charge in [-0.15, -0.1) is 0 Å². The van der Waals surface area contributed by atoms with E-state index in [-0.39, 0.29) is 19.8 Å². The Bertz CT molecular complexity index is 1060. The zero-order valence-corrected chi connectivity index (χ0v) is 20.3. The normalized spacial score (nSPS) is 23.9. The Morgan fingerprint density at radius 3 is 2.17 bits per heavy atom. The summed E-state index contributed by atoms with van der Waals surface area (Å²) in [6, 6.07) is 13.3. The fraction of sp³-hybridized carbons (Fsp3) is 0.389. The Kier molecular flexibility index (Phi) is 6.93. The average molecular weight is 490 g/mol. The van der Waals surface area contributed by atoms with E-state index in [1.165, 1.54) is 0 Å². The van der Waals surface area contributed by atoms with Crippen molar-refractivity contribution in [1.29, 1.82) is 0 Å². The maximum atomic E-state index is 13.3. The van der Waals surface area contributed by atoms with Crippen molar-refractivity contribution in [3.63, 3.8) is 0 Å². The topological polar surface area (TPSA) is 72.9 Å². The number of benzene rings is 2. The molecule has 0 aliphatic carbocycles. The summed E-state index contributed by atoms with van der Waals surface area (Å²) in [6.45, 7) is 3.50. The van der Waals surface area contributed by atoms with Crippen LogP contribution >= 0.6 is 14.7 Å². The van der Waals surface area contributed by atoms with Gasteiger partial charge in [-0.25, -0.2) is 8.42 Å². The van der Waals surface area contributed by atoms with Crippen molar-refractivity contribution < 1.29 is 22.7 Å². The lowest BCUT2D eigenvalue weighted by atomic mass is 10.0. The Labute approximate surface area is 183 Å². The molecule has 1 aliphatic heterocycles. The number of hydrogen-bond donors (Lipinski definition) is 0. The number of fused-ring (bicyclic) bond motifs is 1. The first kappa shape index (κ1) is 22.9. The number of carbonyl (C=O) groups is 1. The summed E-state index contributed by atoms with van der Waals surface area (Å²) in [5.41, 5.74) is 0.758. The van der Waals surface area contributed by atoms with Gasteiger partial charge in [-0.3, -0.25) is 4.79 Å². The minimum absolute atomic E-state index is 0.0371. The molecule has 29 heavy (non-hydrogen) atoms. The predicted octanol–water partition coefficient (Wildman–Crippen LogP) is 3.22. The monoisotopic (exact) mass is 489 g/mol. The second-order valence-corrected chi connectivity index (χ2v) is 11.7. The van der Waals surface area contributed by atoms with Gasteiger partial charge < -0.3 is 9.47 Å². The van der Waals surface area contributed by atoms with Crippen molar-refractivity contribution in [3.05, 3.63) is 48.0 Å². The maximum Gasteiger partial charge on any atom is 0.420 e. The summed E-state index contributed by atoms with van der Waals surface area (Å²) < 4.78 is 39.1. The van der Waals surface area contributed by atoms with Crippen LogP contribution in [0.15, 0.2) is 42.5 Å². The van der Waals surface area contributed by atoms with E-state index in [1.54, 1.807) is 13.8 Å². The molecule has 154 valence electrons. The Hall–Kier alpha value is -0.760. The molecule has 1 fully saturated rings. The van der Waals surface area contributed by atoms with Gasteiger partial charge in [0.1, 0.15) is 0 Å². The fourth-order valence-electron chi connectivity index (χ4n) is 3.58. The number of carbonyl (C=O) groups excluding carboxylic acids is 1. The van der Waals surface area contributed by atoms with E-state index in [0.29, 0.717) is 0 Å². The predicted molar refractivity (Wildman–Crippen MR) is 123 cm³/mol. The zero-order chi connectivity index (χ0) is 21.3. The molecule has 0 aromatic heterocycles. The quantitative estimate of drug-likeness (QED) is 0.417. The summed E-state index contributed by atoms with van der Waals surface area (Å²) >= 11 is 10.8. The van der Waals surface area contributed by atoms with Gasteiger partial charge in [0, 0.05) is 19.8 Å². The van der Waals surface area contributed by atoms with Gasteiger partial charge >= 0.3 is 15.9 Å². The molecule has 2 unspecified atom stereocenters. The van der Waals surface area contributed by atoms with Gasteiger partial charge in [0.15, 0.2) is 23.6 Å². The van der Waals surface area contributed by atoms with Crippen molar-refractivity contribution in [3.8, 4) is 0 Å². The minimum Gasteiger partial charge on any atom is -0.335 e. The van der Waals surface area contributed by atoms with E-state index in [0.717, 1.165) is 20.6 Å². The SMILES string of the molecule is CCOC1(OCC)C(=O)S(=O)(=O)N(Cc2cccc3ccccc23)C1([PH+]=S)[PH+]=S. The molecule has 1 aliphatic rings. The molecule has 2 aromatic rings. The number of hydrogen-bond acceptors (Lipinski definition) is 7. The van der Waals surface area contributed by atoms with Crippen LogP contribution in [0.25, 0.3) is 10.8 Å². The summed E-state index contributed by atoms with van der Waals surface area (Å²) in [7, 11) is -5.23. The van der Waals surface area contributed by atoms with E-state index in [1.807, 2.05) is 42.5 Å². The first-order valence-electron chi connectivity index (χ1n) is 8.95. The molecule has 0 amide bonds. The van der Waals surface area contributed by atoms with E-state index < -0.39 is 40.7 Å². The molecule has 11 heteroatoms. The third-order valence-electron chi connectivity index (χ3n) is 4.83. The summed E-state index contributed by atoms with van der Waals surface area (Å²) in [5.74, 6) is -2.01. The summed E-state index contributed by atoms with van der Waals surface area (Å²) in [5, 5.41) is -0.682. The molecule has 0 saturated carbocycles. The van der Waals surface area contributed by atoms with Crippen LogP contribution in [0, 0.1) is 0 Å². The first-order chi connectivity index (χ1) is 13.8. The molecule has 2 atom stereocenters. The third-order valence-corrected chi connectivity index (χ3v) is 12.3. The van der Waals surface area contributed by atoms with Crippen LogP contribution in [0.4, 0.5) is 0 Å².